The summed E-state index contributed by atoms with van der Waals surface area (Å²) in [6, 6.07) is 60.2. The van der Waals surface area contributed by atoms with E-state index in [9.17, 15) is 0 Å². The number of benzene rings is 7. The quantitative estimate of drug-likeness (QED) is 0.149. The summed E-state index contributed by atoms with van der Waals surface area (Å²) in [4.78, 5) is 44.6. The van der Waals surface area contributed by atoms with E-state index in [0.717, 1.165) is 55.3 Å². The second-order valence-electron chi connectivity index (χ2n) is 13.9. The number of hydrogen-bond acceptors (Lipinski definition) is 9. The second kappa shape index (κ2) is 15.4. The Balaban J connectivity index is 1.15. The summed E-state index contributed by atoms with van der Waals surface area (Å²) in [5.41, 5.74) is 6.82. The average Bonchev–Trinajstić information content (AvgIpc) is 3.32. The van der Waals surface area contributed by atoms with E-state index in [4.69, 9.17) is 39.9 Å². The smallest absolute Gasteiger partial charge is 0.164 e. The first-order valence-corrected chi connectivity index (χ1v) is 19.2. The van der Waals surface area contributed by atoms with Crippen LogP contribution in [-0.2, 0) is 0 Å². The third kappa shape index (κ3) is 7.32. The van der Waals surface area contributed by atoms with Crippen LogP contribution in [0, 0.1) is 6.92 Å². The molecule has 0 fully saturated rings. The fraction of sp³-hybridized carbons (Fsp3) is 0.0200. The molecule has 3 aromatic heterocycles. The van der Waals surface area contributed by atoms with Gasteiger partial charge in [0.25, 0.3) is 0 Å². The molecule has 0 radical (unpaired) electrons. The molecule has 59 heavy (non-hydrogen) atoms. The average molecular weight is 760 g/mol. The van der Waals surface area contributed by atoms with Gasteiger partial charge in [-0.15, -0.1) is 0 Å². The van der Waals surface area contributed by atoms with Crippen molar-refractivity contribution in [3.63, 3.8) is 0 Å². The second-order valence-corrected chi connectivity index (χ2v) is 13.9. The highest BCUT2D eigenvalue weighted by Crippen LogP contribution is 2.35. The molecule has 0 spiro atoms. The van der Waals surface area contributed by atoms with Gasteiger partial charge in [0.2, 0.25) is 0 Å². The zero-order valence-electron chi connectivity index (χ0n) is 31.8. The monoisotopic (exact) mass is 759 g/mol. The molecule has 9 heteroatoms. The van der Waals surface area contributed by atoms with E-state index in [-0.39, 0.29) is 0 Å². The Labute approximate surface area is 340 Å². The maximum absolute atomic E-state index is 5.20. The molecule has 0 bridgehead atoms. The third-order valence-corrected chi connectivity index (χ3v) is 9.89. The molecule has 0 aliphatic rings. The lowest BCUT2D eigenvalue weighted by molar-refractivity contribution is 0.992. The van der Waals surface area contributed by atoms with Crippen molar-refractivity contribution in [3.05, 3.63) is 188 Å². The van der Waals surface area contributed by atoms with E-state index >= 15 is 0 Å². The Hall–Kier alpha value is -8.17. The van der Waals surface area contributed by atoms with Crippen LogP contribution in [0.3, 0.4) is 0 Å². The first-order valence-electron chi connectivity index (χ1n) is 19.2. The fourth-order valence-corrected chi connectivity index (χ4v) is 7.03. The zero-order valence-corrected chi connectivity index (χ0v) is 31.8. The number of fused-ring (bicyclic) bond motifs is 1. The summed E-state index contributed by atoms with van der Waals surface area (Å²) in [7, 11) is 0. The van der Waals surface area contributed by atoms with Crippen LogP contribution in [0.15, 0.2) is 182 Å². The molecule has 0 amide bonds. The molecule has 0 aliphatic heterocycles. The Bertz CT molecular complexity index is 3050. The molecule has 0 saturated heterocycles. The Morgan fingerprint density at radius 1 is 0.254 bits per heavy atom. The van der Waals surface area contributed by atoms with E-state index in [1.165, 1.54) is 0 Å². The van der Waals surface area contributed by atoms with Crippen LogP contribution in [-0.4, -0.2) is 44.9 Å². The van der Waals surface area contributed by atoms with Crippen LogP contribution >= 0.6 is 0 Å². The van der Waals surface area contributed by atoms with E-state index in [1.807, 2.05) is 165 Å². The van der Waals surface area contributed by atoms with Crippen molar-refractivity contribution in [2.45, 2.75) is 6.92 Å². The summed E-state index contributed by atoms with van der Waals surface area (Å²) in [5, 5.41) is 1.98. The summed E-state index contributed by atoms with van der Waals surface area (Å²) < 4.78 is 0. The van der Waals surface area contributed by atoms with Gasteiger partial charge in [0.05, 0.1) is 0 Å². The highest BCUT2D eigenvalue weighted by atomic mass is 15.1. The molecule has 10 rings (SSSR count). The normalized spacial score (nSPS) is 11.1. The molecular formula is C50H33N9. The van der Waals surface area contributed by atoms with E-state index < -0.39 is 0 Å². The molecule has 0 N–H and O–H groups in total. The van der Waals surface area contributed by atoms with Gasteiger partial charge in [-0.25, -0.2) is 44.9 Å². The number of hydrogen-bond donors (Lipinski definition) is 0. The van der Waals surface area contributed by atoms with Gasteiger partial charge in [0, 0.05) is 44.5 Å². The molecule has 0 saturated carbocycles. The number of aromatic nitrogens is 9. The molecule has 10 aromatic rings. The minimum absolute atomic E-state index is 0.511. The van der Waals surface area contributed by atoms with Crippen molar-refractivity contribution < 1.29 is 0 Å². The minimum atomic E-state index is 0.511. The molecule has 9 nitrogen and oxygen atoms in total. The SMILES string of the molecule is Cc1nc(-c2ccccc2)nc(-c2cccc(-c3nc(-c4ccccc4)nc(-c4cc(-c5nc(-c6ccccc6)nc(-c6ccccc6)n5)cc5ccccc45)n3)c2)n1. The molecule has 0 atom stereocenters. The maximum atomic E-state index is 5.20. The van der Waals surface area contributed by atoms with Crippen molar-refractivity contribution in [1.29, 1.82) is 0 Å². The maximum Gasteiger partial charge on any atom is 0.164 e. The predicted molar refractivity (Wildman–Crippen MR) is 232 cm³/mol. The van der Waals surface area contributed by atoms with Crippen LogP contribution in [0.25, 0.3) is 102 Å². The lowest BCUT2D eigenvalue weighted by Crippen LogP contribution is -2.03. The first-order chi connectivity index (χ1) is 29.1. The predicted octanol–water partition coefficient (Wildman–Crippen LogP) is 11.0. The van der Waals surface area contributed by atoms with Crippen molar-refractivity contribution in [2.75, 3.05) is 0 Å². The molecule has 7 aromatic carbocycles. The van der Waals surface area contributed by atoms with E-state index in [0.29, 0.717) is 52.4 Å². The fourth-order valence-electron chi connectivity index (χ4n) is 7.03. The van der Waals surface area contributed by atoms with Crippen molar-refractivity contribution in [1.82, 2.24) is 44.9 Å². The van der Waals surface area contributed by atoms with Crippen LogP contribution < -0.4 is 0 Å². The topological polar surface area (TPSA) is 116 Å². The van der Waals surface area contributed by atoms with E-state index in [1.54, 1.807) is 0 Å². The number of aryl methyl sites for hydroxylation is 1. The Morgan fingerprint density at radius 3 is 1.07 bits per heavy atom. The van der Waals surface area contributed by atoms with Gasteiger partial charge >= 0.3 is 0 Å². The van der Waals surface area contributed by atoms with Gasteiger partial charge in [-0.2, -0.15) is 0 Å². The summed E-state index contributed by atoms with van der Waals surface area (Å²) >= 11 is 0. The van der Waals surface area contributed by atoms with Crippen LogP contribution in [0.1, 0.15) is 5.82 Å². The highest BCUT2D eigenvalue weighted by Gasteiger charge is 2.19. The molecule has 0 unspecified atom stereocenters. The van der Waals surface area contributed by atoms with Gasteiger partial charge in [0.1, 0.15) is 5.82 Å². The van der Waals surface area contributed by atoms with Gasteiger partial charge in [-0.1, -0.05) is 164 Å². The lowest BCUT2D eigenvalue weighted by Gasteiger charge is -2.13. The van der Waals surface area contributed by atoms with Gasteiger partial charge in [-0.05, 0) is 35.9 Å². The minimum Gasteiger partial charge on any atom is -0.213 e. The molecular weight excluding hydrogens is 727 g/mol. The lowest BCUT2D eigenvalue weighted by atomic mass is 9.99. The number of rotatable bonds is 8. The van der Waals surface area contributed by atoms with Crippen molar-refractivity contribution >= 4 is 10.8 Å². The first kappa shape index (κ1) is 35.3. The third-order valence-electron chi connectivity index (χ3n) is 9.89. The van der Waals surface area contributed by atoms with Gasteiger partial charge in [-0.3, -0.25) is 0 Å². The largest absolute Gasteiger partial charge is 0.213 e. The zero-order chi connectivity index (χ0) is 39.5. The molecule has 3 heterocycles. The summed E-state index contributed by atoms with van der Waals surface area (Å²) in [6.45, 7) is 1.88. The van der Waals surface area contributed by atoms with Crippen LogP contribution in [0.2, 0.25) is 0 Å². The van der Waals surface area contributed by atoms with Crippen LogP contribution in [0.5, 0.6) is 0 Å². The van der Waals surface area contributed by atoms with Crippen molar-refractivity contribution in [3.8, 4) is 91.1 Å². The Kier molecular flexibility index (Phi) is 9.20. The van der Waals surface area contributed by atoms with Gasteiger partial charge in [0.15, 0.2) is 46.6 Å². The summed E-state index contributed by atoms with van der Waals surface area (Å²) in [6.07, 6.45) is 0. The highest BCUT2D eigenvalue weighted by molar-refractivity contribution is 5.98. The Morgan fingerprint density at radius 2 is 0.593 bits per heavy atom. The van der Waals surface area contributed by atoms with E-state index in [2.05, 4.69) is 29.2 Å². The summed E-state index contributed by atoms with van der Waals surface area (Å²) in [5.74, 6) is 5.09. The molecule has 278 valence electrons. The molecule has 0 aliphatic carbocycles. The van der Waals surface area contributed by atoms with Gasteiger partial charge < -0.3 is 0 Å². The standard InChI is InChI=1S/C50H33N9/c1-32-51-43(33-17-6-2-7-18-33)53-47(52-32)38-26-16-27-39(30-38)48-55-46(36-23-12-5-13-24-36)58-50(59-48)42-31-40(29-37-25-14-15-28-41(37)42)49-56-44(34-19-8-3-9-20-34)54-45(57-49)35-21-10-4-11-22-35/h2-31H,1H3. The van der Waals surface area contributed by atoms with Crippen molar-refractivity contribution in [2.24, 2.45) is 0 Å². The van der Waals surface area contributed by atoms with Crippen LogP contribution in [0.4, 0.5) is 0 Å². The number of nitrogens with zero attached hydrogens (tertiary/aromatic N) is 9.